The number of aliphatic hydroxyl groups excluding tert-OH is 2. The predicted molar refractivity (Wildman–Crippen MR) is 223 cm³/mol. The fourth-order valence-electron chi connectivity index (χ4n) is 7.26. The van der Waals surface area contributed by atoms with Gasteiger partial charge in [-0.05, 0) is 60.3 Å². The fraction of sp³-hybridized carbons (Fsp3) is 0.828. The summed E-state index contributed by atoms with van der Waals surface area (Å²) in [5.41, 5.74) is 23.3. The zero-order chi connectivity index (χ0) is 44.4. The first-order chi connectivity index (χ1) is 28.6. The molecule has 350 valence electrons. The van der Waals surface area contributed by atoms with Crippen molar-refractivity contribution in [3.8, 4) is 0 Å². The standard InChI is InChI=1S/C29H56N11O15P3S3/c1-13-7-22(39-5-3-19(30)34-28(39)42)52-16(13)10-49-57(45,60)55-15-9-23(40-6-4-20(31)35-29(40)43)53-18(15)12-50-58(46,61)54-14-8-21(51-17(14)11-48-56(44,59)47-2)36-25-24(32)26(41)38-27(33)37-25/h3,5,13-23,27-29,34-37,42-43H,4,6-12,30-33H2,1-2H3,(H,38,41)(H,44,59)(H,45,60)(H,46,61)/t13-,14-,15-,16-,17-,18-,19?,20?,21-,22-,23-,27?,28?,29?,56?,57?,58?/m1/s1. The Labute approximate surface area is 366 Å². The maximum Gasteiger partial charge on any atom is 0.324 e. The highest BCUT2D eigenvalue weighted by molar-refractivity contribution is 8.07. The van der Waals surface area contributed by atoms with Gasteiger partial charge in [0.15, 0.2) is 19.0 Å². The maximum atomic E-state index is 12.2. The van der Waals surface area contributed by atoms with E-state index in [1.165, 1.54) is 7.11 Å². The van der Waals surface area contributed by atoms with E-state index < -0.39 is 113 Å². The first-order valence-corrected chi connectivity index (χ1v) is 26.9. The van der Waals surface area contributed by atoms with Crippen molar-refractivity contribution in [2.24, 2.45) is 28.9 Å². The first kappa shape index (κ1) is 49.7. The monoisotopic (exact) mass is 987 g/mol. The van der Waals surface area contributed by atoms with Crippen molar-refractivity contribution in [3.05, 3.63) is 23.8 Å². The fourth-order valence-corrected chi connectivity index (χ4v) is 10.8. The molecule has 0 aliphatic carbocycles. The third-order valence-electron chi connectivity index (χ3n) is 10.5. The highest BCUT2D eigenvalue weighted by Crippen LogP contribution is 2.52. The smallest absolute Gasteiger partial charge is 0.324 e. The van der Waals surface area contributed by atoms with Gasteiger partial charge in [-0.3, -0.25) is 21.2 Å². The number of carbonyl (C=O) groups is 1. The van der Waals surface area contributed by atoms with Crippen molar-refractivity contribution in [1.82, 2.24) is 36.4 Å². The molecular formula is C29H56N11O15P3S3. The average molecular weight is 988 g/mol. The van der Waals surface area contributed by atoms with Crippen LogP contribution in [0.2, 0.25) is 0 Å². The number of rotatable bonds is 18. The molecule has 0 spiro atoms. The summed E-state index contributed by atoms with van der Waals surface area (Å²) < 4.78 is 52.2. The minimum atomic E-state index is -4.18. The van der Waals surface area contributed by atoms with E-state index in [0.717, 1.165) is 0 Å². The third-order valence-corrected chi connectivity index (χ3v) is 15.3. The highest BCUT2D eigenvalue weighted by atomic mass is 32.5. The summed E-state index contributed by atoms with van der Waals surface area (Å²) >= 11 is 15.8. The Kier molecular flexibility index (Phi) is 17.0. The molecule has 1 amide bonds. The summed E-state index contributed by atoms with van der Waals surface area (Å²) in [5, 5.41) is 35.0. The average Bonchev–Trinajstić information content (AvgIpc) is 3.86. The van der Waals surface area contributed by atoms with E-state index in [4.69, 9.17) is 99.7 Å². The minimum absolute atomic E-state index is 0.0160. The first-order valence-electron chi connectivity index (χ1n) is 19.1. The summed E-state index contributed by atoms with van der Waals surface area (Å²) in [6.45, 7) is -10.5. The Morgan fingerprint density at radius 3 is 2.10 bits per heavy atom. The number of amides is 1. The van der Waals surface area contributed by atoms with Gasteiger partial charge in [-0.25, -0.2) is 4.90 Å². The van der Waals surface area contributed by atoms with Gasteiger partial charge in [0.2, 0.25) is 0 Å². The highest BCUT2D eigenvalue weighted by Gasteiger charge is 2.47. The molecule has 32 heteroatoms. The molecule has 0 aromatic heterocycles. The largest absolute Gasteiger partial charge is 0.391 e. The van der Waals surface area contributed by atoms with E-state index in [-0.39, 0.29) is 43.5 Å². The molecule has 6 aliphatic heterocycles. The van der Waals surface area contributed by atoms with Crippen LogP contribution < -0.4 is 49.5 Å². The van der Waals surface area contributed by atoms with Gasteiger partial charge in [-0.1, -0.05) is 6.92 Å². The summed E-state index contributed by atoms with van der Waals surface area (Å²) in [6.07, 6.45) is -6.64. The van der Waals surface area contributed by atoms with E-state index in [0.29, 0.717) is 19.4 Å². The number of nitrogens with two attached hydrogens (primary N) is 4. The van der Waals surface area contributed by atoms with Crippen LogP contribution in [0.15, 0.2) is 23.8 Å². The Morgan fingerprint density at radius 2 is 1.46 bits per heavy atom. The van der Waals surface area contributed by atoms with E-state index >= 15 is 0 Å². The van der Waals surface area contributed by atoms with Crippen LogP contribution in [0.4, 0.5) is 0 Å². The molecule has 0 radical (unpaired) electrons. The van der Waals surface area contributed by atoms with Crippen LogP contribution in [0, 0.1) is 5.92 Å². The molecule has 26 nitrogen and oxygen atoms in total. The number of ether oxygens (including phenoxy) is 3. The van der Waals surface area contributed by atoms with Gasteiger partial charge in [-0.2, -0.15) is 0 Å². The van der Waals surface area contributed by atoms with Gasteiger partial charge >= 0.3 is 20.2 Å². The zero-order valence-corrected chi connectivity index (χ0v) is 38.1. The minimum Gasteiger partial charge on any atom is -0.391 e. The van der Waals surface area contributed by atoms with Crippen LogP contribution in [0.25, 0.3) is 0 Å². The quantitative estimate of drug-likeness (QED) is 0.0577. The second-order valence-electron chi connectivity index (χ2n) is 14.9. The number of nitrogens with zero attached hydrogens (tertiary/aromatic N) is 2. The molecule has 6 heterocycles. The van der Waals surface area contributed by atoms with Crippen molar-refractivity contribution in [2.45, 2.75) is 113 Å². The number of nitrogens with one attached hydrogen (secondary N) is 5. The van der Waals surface area contributed by atoms with E-state index in [2.05, 4.69) is 26.6 Å². The van der Waals surface area contributed by atoms with Crippen LogP contribution in [0.1, 0.15) is 32.6 Å². The summed E-state index contributed by atoms with van der Waals surface area (Å²) in [5.74, 6) is -0.615. The topological polar surface area (TPSA) is 372 Å². The summed E-state index contributed by atoms with van der Waals surface area (Å²) in [6, 6.07) is 0. The maximum absolute atomic E-state index is 12.2. The molecule has 17 atom stereocenters. The van der Waals surface area contributed by atoms with Crippen LogP contribution in [-0.2, 0) is 81.6 Å². The molecule has 6 rings (SSSR count). The Hall–Kier alpha value is -0.700. The lowest BCUT2D eigenvalue weighted by molar-refractivity contribution is -0.159. The molecule has 4 saturated heterocycles. The van der Waals surface area contributed by atoms with Gasteiger partial charge < -0.3 is 104 Å². The second kappa shape index (κ2) is 20.9. The van der Waals surface area contributed by atoms with E-state index in [9.17, 15) is 29.7 Å². The molecular weight excluding hydrogens is 932 g/mol. The summed E-state index contributed by atoms with van der Waals surface area (Å²) in [7, 11) is 1.18. The van der Waals surface area contributed by atoms with E-state index in [1.807, 2.05) is 6.92 Å². The molecule has 0 aromatic carbocycles. The molecule has 4 fully saturated rings. The third kappa shape index (κ3) is 13.5. The normalized spacial score (nSPS) is 40.3. The van der Waals surface area contributed by atoms with Crippen LogP contribution >= 0.6 is 20.2 Å². The lowest BCUT2D eigenvalue weighted by Crippen LogP contribution is -2.61. The lowest BCUT2D eigenvalue weighted by atomic mass is 10.0. The van der Waals surface area contributed by atoms with Gasteiger partial charge in [0.1, 0.15) is 42.4 Å². The number of hydrogen-bond acceptors (Lipinski definition) is 25. The van der Waals surface area contributed by atoms with Gasteiger partial charge in [-0.15, -0.1) is 0 Å². The molecule has 6 aliphatic rings. The van der Waals surface area contributed by atoms with Crippen molar-refractivity contribution >= 4 is 61.5 Å². The lowest BCUT2D eigenvalue weighted by Gasteiger charge is -2.39. The van der Waals surface area contributed by atoms with Crippen molar-refractivity contribution in [1.29, 1.82) is 0 Å². The Bertz CT molecular complexity index is 1770. The molecule has 61 heavy (non-hydrogen) atoms. The zero-order valence-electron chi connectivity index (χ0n) is 33.0. The summed E-state index contributed by atoms with van der Waals surface area (Å²) in [4.78, 5) is 48.3. The molecule has 0 bridgehead atoms. The number of aliphatic hydroxyl groups is 2. The predicted octanol–water partition coefficient (Wildman–Crippen LogP) is -4.40. The van der Waals surface area contributed by atoms with Crippen molar-refractivity contribution in [3.63, 3.8) is 0 Å². The second-order valence-corrected chi connectivity index (χ2v) is 23.5. The van der Waals surface area contributed by atoms with Crippen LogP contribution in [0.5, 0.6) is 0 Å². The Morgan fingerprint density at radius 1 is 0.852 bits per heavy atom. The molecule has 0 saturated carbocycles. The van der Waals surface area contributed by atoms with E-state index in [1.54, 1.807) is 22.1 Å². The molecule has 18 N–H and O–H groups in total. The number of carbonyl (C=O) groups excluding carboxylic acids is 1. The number of hydrogen-bond donors (Lipinski definition) is 14. The Balaban J connectivity index is 1.10. The van der Waals surface area contributed by atoms with Crippen molar-refractivity contribution < 1.29 is 71.0 Å². The van der Waals surface area contributed by atoms with Crippen LogP contribution in [-0.4, -0.2) is 155 Å². The molecule has 0 aromatic rings. The van der Waals surface area contributed by atoms with Crippen molar-refractivity contribution in [2.75, 3.05) is 33.5 Å². The van der Waals surface area contributed by atoms with Gasteiger partial charge in [0.25, 0.3) is 5.91 Å². The van der Waals surface area contributed by atoms with Gasteiger partial charge in [0.05, 0.1) is 50.5 Å². The molecule has 8 unspecified atom stereocenters. The van der Waals surface area contributed by atoms with Gasteiger partial charge in [0, 0.05) is 32.7 Å². The van der Waals surface area contributed by atoms with Crippen LogP contribution in [0.3, 0.4) is 0 Å². The SMILES string of the molecule is COP(O)(=S)OC[C@H]1O[C@@H](NC2=C(N)C(=O)NC(N)N2)C[C@H]1OP(O)(=S)OC[C@H]1O[C@@H](N2CCC(N)NC2O)C[C@H]1OP(O)(=S)OC[C@H]1O[C@@H](N2C=CC(N)NC2O)C[C@H]1C.